The smallest absolute Gasteiger partial charge is 0.383 e. The maximum absolute atomic E-state index is 12.7. The highest BCUT2D eigenvalue weighted by molar-refractivity contribution is 7.18. The van der Waals surface area contributed by atoms with Gasteiger partial charge in [-0.2, -0.15) is 13.2 Å². The molecule has 0 saturated carbocycles. The van der Waals surface area contributed by atoms with Crippen LogP contribution >= 0.6 is 11.3 Å². The molecule has 0 aliphatic carbocycles. The average molecular weight is 412 g/mol. The van der Waals surface area contributed by atoms with Gasteiger partial charge in [0.25, 0.3) is 5.56 Å². The largest absolute Gasteiger partial charge is 0.416 e. The standard InChI is InChI=1S/C19H19F3N2O3S/c1-10(2)9-24-17-13(16(26)23(3)18(24)27)8-14(28-17)15(25)11-4-6-12(7-5-11)19(20,21)22/h4-8,10,15,25H,9H2,1-3H3. The fraction of sp³-hybridized carbons (Fsp3) is 0.368. The van der Waals surface area contributed by atoms with Gasteiger partial charge in [0.05, 0.1) is 10.9 Å². The third-order valence-electron chi connectivity index (χ3n) is 4.40. The first-order valence-electron chi connectivity index (χ1n) is 8.59. The molecule has 3 rings (SSSR count). The molecule has 2 heterocycles. The van der Waals surface area contributed by atoms with Crippen LogP contribution in [0.5, 0.6) is 0 Å². The number of aliphatic hydroxyl groups is 1. The zero-order valence-corrected chi connectivity index (χ0v) is 16.3. The van der Waals surface area contributed by atoms with E-state index in [1.54, 1.807) is 0 Å². The lowest BCUT2D eigenvalue weighted by molar-refractivity contribution is -0.137. The predicted molar refractivity (Wildman–Crippen MR) is 102 cm³/mol. The van der Waals surface area contributed by atoms with Crippen molar-refractivity contribution in [1.29, 1.82) is 0 Å². The normalized spacial score (nSPS) is 13.4. The number of aliphatic hydroxyl groups excluding tert-OH is 1. The molecule has 2 aromatic heterocycles. The van der Waals surface area contributed by atoms with Gasteiger partial charge >= 0.3 is 11.9 Å². The van der Waals surface area contributed by atoms with E-state index in [2.05, 4.69) is 0 Å². The van der Waals surface area contributed by atoms with E-state index >= 15 is 0 Å². The van der Waals surface area contributed by atoms with E-state index < -0.39 is 29.1 Å². The number of hydrogen-bond donors (Lipinski definition) is 1. The summed E-state index contributed by atoms with van der Waals surface area (Å²) in [7, 11) is 1.39. The van der Waals surface area contributed by atoms with Gasteiger partial charge in [-0.05, 0) is 29.7 Å². The van der Waals surface area contributed by atoms with Gasteiger partial charge in [0.15, 0.2) is 0 Å². The highest BCUT2D eigenvalue weighted by Crippen LogP contribution is 2.34. The molecule has 0 radical (unpaired) electrons. The molecular formula is C19H19F3N2O3S. The average Bonchev–Trinajstić information content (AvgIpc) is 3.07. The molecule has 0 amide bonds. The highest BCUT2D eigenvalue weighted by Gasteiger charge is 2.30. The zero-order valence-electron chi connectivity index (χ0n) is 15.4. The number of fused-ring (bicyclic) bond motifs is 1. The number of rotatable bonds is 4. The number of aromatic nitrogens is 2. The SMILES string of the molecule is CC(C)Cn1c(=O)n(C)c(=O)c2cc(C(O)c3ccc(C(F)(F)F)cc3)sc21. The van der Waals surface area contributed by atoms with Crippen LogP contribution in [0.15, 0.2) is 39.9 Å². The van der Waals surface area contributed by atoms with Crippen molar-refractivity contribution in [3.05, 3.63) is 67.2 Å². The van der Waals surface area contributed by atoms with Gasteiger partial charge in [0.2, 0.25) is 0 Å². The van der Waals surface area contributed by atoms with Crippen molar-refractivity contribution in [3.63, 3.8) is 0 Å². The predicted octanol–water partition coefficient (Wildman–Crippen LogP) is 3.52. The monoisotopic (exact) mass is 412 g/mol. The Morgan fingerprint density at radius 3 is 2.29 bits per heavy atom. The first kappa shape index (κ1) is 20.3. The van der Waals surface area contributed by atoms with Crippen LogP contribution < -0.4 is 11.2 Å². The molecule has 1 atom stereocenters. The summed E-state index contributed by atoms with van der Waals surface area (Å²) in [5.41, 5.74) is -1.45. The fourth-order valence-corrected chi connectivity index (χ4v) is 4.14. The number of nitrogens with zero attached hydrogens (tertiary/aromatic N) is 2. The van der Waals surface area contributed by atoms with E-state index in [1.807, 2.05) is 13.8 Å². The number of benzene rings is 1. The summed E-state index contributed by atoms with van der Waals surface area (Å²) < 4.78 is 40.7. The number of halogens is 3. The first-order chi connectivity index (χ1) is 13.0. The zero-order chi connectivity index (χ0) is 20.8. The van der Waals surface area contributed by atoms with E-state index in [0.29, 0.717) is 21.6 Å². The van der Waals surface area contributed by atoms with Crippen molar-refractivity contribution < 1.29 is 18.3 Å². The lowest BCUT2D eigenvalue weighted by Crippen LogP contribution is -2.38. The number of alkyl halides is 3. The van der Waals surface area contributed by atoms with Crippen molar-refractivity contribution in [3.8, 4) is 0 Å². The van der Waals surface area contributed by atoms with Gasteiger partial charge in [-0.1, -0.05) is 26.0 Å². The van der Waals surface area contributed by atoms with E-state index in [0.717, 1.165) is 28.0 Å². The summed E-state index contributed by atoms with van der Waals surface area (Å²) in [6.07, 6.45) is -5.66. The van der Waals surface area contributed by atoms with Crippen LogP contribution in [0.4, 0.5) is 13.2 Å². The van der Waals surface area contributed by atoms with Crippen LogP contribution in [0.1, 0.15) is 36.0 Å². The Morgan fingerprint density at radius 1 is 1.14 bits per heavy atom. The van der Waals surface area contributed by atoms with Gasteiger partial charge in [0.1, 0.15) is 10.9 Å². The van der Waals surface area contributed by atoms with Crippen LogP contribution in [-0.4, -0.2) is 14.2 Å². The van der Waals surface area contributed by atoms with Gasteiger partial charge < -0.3 is 5.11 Å². The van der Waals surface area contributed by atoms with Crippen molar-refractivity contribution in [1.82, 2.24) is 9.13 Å². The molecule has 28 heavy (non-hydrogen) atoms. The van der Waals surface area contributed by atoms with Crippen LogP contribution in [0.2, 0.25) is 0 Å². The summed E-state index contributed by atoms with van der Waals surface area (Å²) in [4.78, 5) is 25.8. The summed E-state index contributed by atoms with van der Waals surface area (Å²) >= 11 is 1.09. The maximum atomic E-state index is 12.7. The molecule has 0 saturated heterocycles. The van der Waals surface area contributed by atoms with Gasteiger partial charge in [0, 0.05) is 18.5 Å². The van der Waals surface area contributed by atoms with Gasteiger partial charge in [-0.3, -0.25) is 13.9 Å². The van der Waals surface area contributed by atoms with Crippen LogP contribution in [0.25, 0.3) is 10.2 Å². The Labute approximate surface area is 162 Å². The molecule has 0 aliphatic heterocycles. The summed E-state index contributed by atoms with van der Waals surface area (Å²) in [6, 6.07) is 5.72. The number of hydrogen-bond acceptors (Lipinski definition) is 4. The van der Waals surface area contributed by atoms with Gasteiger partial charge in [-0.15, -0.1) is 11.3 Å². The third kappa shape index (κ3) is 3.64. The minimum Gasteiger partial charge on any atom is -0.383 e. The Bertz CT molecular complexity index is 1120. The molecule has 3 aromatic rings. The Balaban J connectivity index is 2.10. The van der Waals surface area contributed by atoms with E-state index in [4.69, 9.17) is 0 Å². The Kier molecular flexibility index (Phi) is 5.24. The third-order valence-corrected chi connectivity index (χ3v) is 5.61. The molecule has 1 N–H and O–H groups in total. The summed E-state index contributed by atoms with van der Waals surface area (Å²) in [5.74, 6) is 0.156. The lowest BCUT2D eigenvalue weighted by atomic mass is 10.1. The molecular weight excluding hydrogens is 393 g/mol. The maximum Gasteiger partial charge on any atom is 0.416 e. The van der Waals surface area contributed by atoms with Crippen LogP contribution in [-0.2, 0) is 19.8 Å². The fourth-order valence-electron chi connectivity index (χ4n) is 2.97. The van der Waals surface area contributed by atoms with E-state index in [9.17, 15) is 27.9 Å². The summed E-state index contributed by atoms with van der Waals surface area (Å²) in [6.45, 7) is 4.28. The van der Waals surface area contributed by atoms with E-state index in [-0.39, 0.29) is 11.5 Å². The minimum atomic E-state index is -4.46. The van der Waals surface area contributed by atoms with Crippen molar-refractivity contribution in [2.45, 2.75) is 32.7 Å². The highest BCUT2D eigenvalue weighted by atomic mass is 32.1. The molecule has 0 fully saturated rings. The lowest BCUT2D eigenvalue weighted by Gasteiger charge is -2.12. The van der Waals surface area contributed by atoms with Gasteiger partial charge in [-0.25, -0.2) is 4.79 Å². The molecule has 0 spiro atoms. The topological polar surface area (TPSA) is 64.2 Å². The van der Waals surface area contributed by atoms with Crippen molar-refractivity contribution >= 4 is 21.6 Å². The molecule has 1 aromatic carbocycles. The Morgan fingerprint density at radius 2 is 1.75 bits per heavy atom. The molecule has 9 heteroatoms. The van der Waals surface area contributed by atoms with Crippen LogP contribution in [0, 0.1) is 5.92 Å². The quantitative estimate of drug-likeness (QED) is 0.713. The first-order valence-corrected chi connectivity index (χ1v) is 9.41. The second-order valence-corrected chi connectivity index (χ2v) is 8.10. The second-order valence-electron chi connectivity index (χ2n) is 7.04. The number of thiophene rings is 1. The Hall–Kier alpha value is -2.39. The molecule has 1 unspecified atom stereocenters. The second kappa shape index (κ2) is 7.21. The molecule has 0 bridgehead atoms. The summed E-state index contributed by atoms with van der Waals surface area (Å²) in [5, 5.41) is 10.9. The molecule has 0 aliphatic rings. The van der Waals surface area contributed by atoms with Crippen molar-refractivity contribution in [2.75, 3.05) is 0 Å². The molecule has 150 valence electrons. The van der Waals surface area contributed by atoms with Crippen LogP contribution in [0.3, 0.4) is 0 Å². The van der Waals surface area contributed by atoms with Crippen molar-refractivity contribution in [2.24, 2.45) is 13.0 Å². The van der Waals surface area contributed by atoms with E-state index in [1.165, 1.54) is 29.8 Å². The molecule has 5 nitrogen and oxygen atoms in total. The minimum absolute atomic E-state index is 0.156.